The van der Waals surface area contributed by atoms with Gasteiger partial charge in [-0.05, 0) is 71.6 Å². The maximum absolute atomic E-state index is 12.1. The molecule has 1 aromatic rings. The minimum absolute atomic E-state index is 0.131. The summed E-state index contributed by atoms with van der Waals surface area (Å²) in [6, 6.07) is 3.25. The number of hydrogen-bond donors (Lipinski definition) is 1. The minimum atomic E-state index is -0.691. The van der Waals surface area contributed by atoms with E-state index in [1.165, 1.54) is 0 Å². The first-order valence-corrected chi connectivity index (χ1v) is 10.4. The molecule has 0 radical (unpaired) electrons. The molecule has 0 spiro atoms. The van der Waals surface area contributed by atoms with Crippen LogP contribution in [0.15, 0.2) is 17.6 Å². The number of halogens is 3. The highest BCUT2D eigenvalue weighted by Crippen LogP contribution is 2.39. The Kier molecular flexibility index (Phi) is 7.29. The number of benzene rings is 1. The van der Waals surface area contributed by atoms with Crippen LogP contribution in [0.5, 0.6) is 0 Å². The summed E-state index contributed by atoms with van der Waals surface area (Å²) in [5, 5.41) is 3.87. The van der Waals surface area contributed by atoms with Crippen LogP contribution in [0.25, 0.3) is 6.08 Å². The van der Waals surface area contributed by atoms with Crippen LogP contribution in [-0.4, -0.2) is 36.6 Å². The average molecular weight is 463 g/mol. The highest BCUT2D eigenvalue weighted by Gasteiger charge is 2.52. The molecule has 0 aromatic heterocycles. The van der Waals surface area contributed by atoms with Crippen molar-refractivity contribution in [2.45, 2.75) is 65.3 Å². The summed E-state index contributed by atoms with van der Waals surface area (Å²) in [5.41, 5.74) is -0.450. The highest BCUT2D eigenvalue weighted by molar-refractivity contribution is 6.56. The van der Waals surface area contributed by atoms with E-state index in [2.05, 4.69) is 5.32 Å². The second-order valence-corrected chi connectivity index (χ2v) is 10.2. The van der Waals surface area contributed by atoms with Crippen LogP contribution in [0.1, 0.15) is 54.0 Å². The quantitative estimate of drug-likeness (QED) is 0.428. The summed E-state index contributed by atoms with van der Waals surface area (Å²) in [6.07, 6.45) is 1.22. The van der Waals surface area contributed by atoms with Gasteiger partial charge in [0.25, 0.3) is 0 Å². The molecule has 1 aliphatic rings. The standard InChI is InChI=1S/C20H27BCl3NO4/c1-18(2,3)27-17(26)25-11-13(21-28-19(4,5)20(6,7)29-21)8-12-9-14(22)10-15(23)16(12)24/h8-10H,11H2,1-7H3,(H,25,26). The molecule has 1 N–H and O–H groups in total. The number of nitrogens with one attached hydrogen (secondary N) is 1. The van der Waals surface area contributed by atoms with Crippen LogP contribution in [0.4, 0.5) is 4.79 Å². The molecule has 1 saturated heterocycles. The van der Waals surface area contributed by atoms with Crippen LogP contribution >= 0.6 is 34.8 Å². The second-order valence-electron chi connectivity index (χ2n) is 8.95. The number of carbonyl (C=O) groups excluding carboxylic acids is 1. The first-order chi connectivity index (χ1) is 13.1. The summed E-state index contributed by atoms with van der Waals surface area (Å²) in [4.78, 5) is 12.1. The van der Waals surface area contributed by atoms with Gasteiger partial charge in [-0.1, -0.05) is 40.9 Å². The predicted octanol–water partition coefficient (Wildman–Crippen LogP) is 6.19. The lowest BCUT2D eigenvalue weighted by Gasteiger charge is -2.32. The lowest BCUT2D eigenvalue weighted by Crippen LogP contribution is -2.41. The fraction of sp³-hybridized carbons (Fsp3) is 0.550. The highest BCUT2D eigenvalue weighted by atomic mass is 35.5. The summed E-state index contributed by atoms with van der Waals surface area (Å²) >= 11 is 18.6. The maximum atomic E-state index is 12.1. The normalized spacial score (nSPS) is 18.7. The average Bonchev–Trinajstić information content (AvgIpc) is 2.74. The third kappa shape index (κ3) is 6.28. The lowest BCUT2D eigenvalue weighted by atomic mass is 9.77. The van der Waals surface area contributed by atoms with Crippen molar-refractivity contribution in [1.82, 2.24) is 5.32 Å². The van der Waals surface area contributed by atoms with Gasteiger partial charge in [0.1, 0.15) is 5.60 Å². The van der Waals surface area contributed by atoms with Crippen LogP contribution in [0, 0.1) is 0 Å². The Labute approximate surface area is 188 Å². The van der Waals surface area contributed by atoms with Gasteiger partial charge in [-0.3, -0.25) is 0 Å². The molecule has 2 rings (SSSR count). The Bertz CT molecular complexity index is 803. The molecule has 9 heteroatoms. The molecule has 160 valence electrons. The first kappa shape index (κ1) is 24.4. The number of alkyl carbamates (subject to hydrolysis) is 1. The number of rotatable bonds is 4. The van der Waals surface area contributed by atoms with E-state index < -0.39 is 30.0 Å². The van der Waals surface area contributed by atoms with E-state index in [-0.39, 0.29) is 6.54 Å². The van der Waals surface area contributed by atoms with Crippen LogP contribution in [0.2, 0.25) is 15.1 Å². The largest absolute Gasteiger partial charge is 0.492 e. The van der Waals surface area contributed by atoms with Gasteiger partial charge in [0.15, 0.2) is 0 Å². The van der Waals surface area contributed by atoms with Crippen molar-refractivity contribution in [2.75, 3.05) is 6.54 Å². The molecule has 5 nitrogen and oxygen atoms in total. The minimum Gasteiger partial charge on any atom is -0.444 e. The van der Waals surface area contributed by atoms with E-state index in [0.717, 1.165) is 0 Å². The monoisotopic (exact) mass is 461 g/mol. The van der Waals surface area contributed by atoms with Gasteiger partial charge in [-0.25, -0.2) is 4.79 Å². The summed E-state index contributed by atoms with van der Waals surface area (Å²) < 4.78 is 17.6. The van der Waals surface area contributed by atoms with Crippen molar-refractivity contribution in [1.29, 1.82) is 0 Å². The van der Waals surface area contributed by atoms with E-state index in [4.69, 9.17) is 48.8 Å². The molecule has 1 aromatic carbocycles. The van der Waals surface area contributed by atoms with Gasteiger partial charge >= 0.3 is 13.2 Å². The molecule has 1 amide bonds. The first-order valence-electron chi connectivity index (χ1n) is 9.29. The Morgan fingerprint density at radius 3 is 2.21 bits per heavy atom. The van der Waals surface area contributed by atoms with E-state index >= 15 is 0 Å². The van der Waals surface area contributed by atoms with E-state index in [0.29, 0.717) is 26.1 Å². The maximum Gasteiger partial charge on any atom is 0.492 e. The number of ether oxygens (including phenoxy) is 1. The molecule has 0 saturated carbocycles. The molecule has 0 aliphatic carbocycles. The summed E-state index contributed by atoms with van der Waals surface area (Å²) in [6.45, 7) is 13.3. The second kappa shape index (κ2) is 8.68. The van der Waals surface area contributed by atoms with Crippen LogP contribution in [-0.2, 0) is 14.0 Å². The zero-order chi connectivity index (χ0) is 22.2. The van der Waals surface area contributed by atoms with Crippen molar-refractivity contribution >= 4 is 54.1 Å². The van der Waals surface area contributed by atoms with E-state index in [9.17, 15) is 4.79 Å². The van der Waals surface area contributed by atoms with Crippen molar-refractivity contribution < 1.29 is 18.8 Å². The molecule has 0 bridgehead atoms. The SMILES string of the molecule is CC(C)(C)OC(=O)NCC(=Cc1cc(Cl)cc(Cl)c1Cl)B1OC(C)(C)C(C)(C)O1. The number of carbonyl (C=O) groups is 1. The van der Waals surface area contributed by atoms with Gasteiger partial charge in [-0.15, -0.1) is 0 Å². The fourth-order valence-corrected chi connectivity index (χ4v) is 3.24. The van der Waals surface area contributed by atoms with Crippen LogP contribution in [0.3, 0.4) is 0 Å². The molecule has 1 aliphatic heterocycles. The van der Waals surface area contributed by atoms with Gasteiger partial charge in [0.05, 0.1) is 21.2 Å². The van der Waals surface area contributed by atoms with Crippen molar-refractivity contribution in [3.05, 3.63) is 38.2 Å². The van der Waals surface area contributed by atoms with Crippen molar-refractivity contribution in [3.63, 3.8) is 0 Å². The van der Waals surface area contributed by atoms with Gasteiger partial charge in [0.2, 0.25) is 0 Å². The summed E-state index contributed by atoms with van der Waals surface area (Å²) in [7, 11) is -0.691. The third-order valence-electron chi connectivity index (χ3n) is 4.75. The Morgan fingerprint density at radius 2 is 1.69 bits per heavy atom. The van der Waals surface area contributed by atoms with Gasteiger partial charge in [0, 0.05) is 11.6 Å². The zero-order valence-electron chi connectivity index (χ0n) is 17.8. The number of amides is 1. The molecule has 1 fully saturated rings. The molecule has 0 atom stereocenters. The van der Waals surface area contributed by atoms with Crippen molar-refractivity contribution in [3.8, 4) is 0 Å². The zero-order valence-corrected chi connectivity index (χ0v) is 20.1. The smallest absolute Gasteiger partial charge is 0.444 e. The lowest BCUT2D eigenvalue weighted by molar-refractivity contribution is 0.00578. The van der Waals surface area contributed by atoms with E-state index in [1.54, 1.807) is 39.0 Å². The Morgan fingerprint density at radius 1 is 1.14 bits per heavy atom. The van der Waals surface area contributed by atoms with E-state index in [1.807, 2.05) is 27.7 Å². The van der Waals surface area contributed by atoms with Crippen molar-refractivity contribution in [2.24, 2.45) is 0 Å². The molecule has 29 heavy (non-hydrogen) atoms. The van der Waals surface area contributed by atoms with Gasteiger partial charge < -0.3 is 19.4 Å². The Hall–Kier alpha value is -0.915. The molecule has 0 unspecified atom stereocenters. The number of hydrogen-bond acceptors (Lipinski definition) is 4. The fourth-order valence-electron chi connectivity index (χ4n) is 2.57. The molecular weight excluding hydrogens is 435 g/mol. The topological polar surface area (TPSA) is 56.8 Å². The third-order valence-corrected chi connectivity index (χ3v) is 5.79. The summed E-state index contributed by atoms with van der Waals surface area (Å²) in [5.74, 6) is 0. The van der Waals surface area contributed by atoms with Gasteiger partial charge in [-0.2, -0.15) is 0 Å². The molecular formula is C20H27BCl3NO4. The molecule has 1 heterocycles. The predicted molar refractivity (Wildman–Crippen MR) is 120 cm³/mol. The van der Waals surface area contributed by atoms with Crippen LogP contribution < -0.4 is 5.32 Å². The Balaban J connectivity index is 2.35.